The molecule has 4 nitrogen and oxygen atoms in total. The fourth-order valence-corrected chi connectivity index (χ4v) is 3.02. The zero-order valence-electron chi connectivity index (χ0n) is 11.6. The Hall–Kier alpha value is -1.62. The molecule has 2 fully saturated rings. The normalized spacial score (nSPS) is 26.0. The van der Waals surface area contributed by atoms with Gasteiger partial charge in [0.1, 0.15) is 17.9 Å². The zero-order valence-corrected chi connectivity index (χ0v) is 12.4. The number of amides is 2. The van der Waals surface area contributed by atoms with Crippen LogP contribution in [0.4, 0.5) is 4.39 Å². The van der Waals surface area contributed by atoms with E-state index >= 15 is 0 Å². The van der Waals surface area contributed by atoms with Gasteiger partial charge in [-0.25, -0.2) is 4.39 Å². The molecule has 0 bridgehead atoms. The van der Waals surface area contributed by atoms with Crippen LogP contribution >= 0.6 is 11.6 Å². The van der Waals surface area contributed by atoms with Crippen molar-refractivity contribution >= 4 is 23.4 Å². The zero-order chi connectivity index (χ0) is 15.1. The molecule has 2 amide bonds. The highest BCUT2D eigenvalue weighted by Crippen LogP contribution is 2.38. The Labute approximate surface area is 127 Å². The second-order valence-electron chi connectivity index (χ2n) is 5.68. The summed E-state index contributed by atoms with van der Waals surface area (Å²) >= 11 is 6.03. The number of hydrogen-bond donors (Lipinski definition) is 1. The predicted octanol–water partition coefficient (Wildman–Crippen LogP) is 2.10. The third-order valence-corrected chi connectivity index (χ3v) is 4.43. The first-order valence-electron chi connectivity index (χ1n) is 7.03. The van der Waals surface area contributed by atoms with Crippen molar-refractivity contribution in [3.63, 3.8) is 0 Å². The fraction of sp³-hybridized carbons (Fsp3) is 0.467. The summed E-state index contributed by atoms with van der Waals surface area (Å²) in [7, 11) is 0. The first-order valence-corrected chi connectivity index (χ1v) is 7.40. The minimum absolute atomic E-state index is 0.0310. The third kappa shape index (κ3) is 2.62. The van der Waals surface area contributed by atoms with Gasteiger partial charge >= 0.3 is 0 Å². The van der Waals surface area contributed by atoms with E-state index in [1.165, 1.54) is 17.0 Å². The summed E-state index contributed by atoms with van der Waals surface area (Å²) in [6.07, 6.45) is 1.84. The van der Waals surface area contributed by atoms with Gasteiger partial charge in [0, 0.05) is 10.6 Å². The quantitative estimate of drug-likeness (QED) is 0.929. The highest BCUT2D eigenvalue weighted by Gasteiger charge is 2.46. The monoisotopic (exact) mass is 310 g/mol. The number of rotatable bonds is 3. The Kier molecular flexibility index (Phi) is 3.61. The van der Waals surface area contributed by atoms with E-state index < -0.39 is 17.9 Å². The van der Waals surface area contributed by atoms with Gasteiger partial charge in [-0.05, 0) is 37.8 Å². The summed E-state index contributed by atoms with van der Waals surface area (Å²) in [5.41, 5.74) is 0.264. The van der Waals surface area contributed by atoms with Crippen molar-refractivity contribution in [2.75, 3.05) is 0 Å². The molecule has 112 valence electrons. The predicted molar refractivity (Wildman–Crippen MR) is 76.1 cm³/mol. The summed E-state index contributed by atoms with van der Waals surface area (Å²) < 4.78 is 13.9. The van der Waals surface area contributed by atoms with Crippen molar-refractivity contribution < 1.29 is 14.0 Å². The van der Waals surface area contributed by atoms with E-state index in [1.807, 2.05) is 0 Å². The molecule has 2 unspecified atom stereocenters. The first-order chi connectivity index (χ1) is 9.99. The maximum Gasteiger partial charge on any atom is 0.245 e. The molecule has 1 heterocycles. The number of halogens is 2. The molecule has 0 radical (unpaired) electrons. The molecule has 2 aliphatic rings. The van der Waals surface area contributed by atoms with Gasteiger partial charge in [-0.3, -0.25) is 9.59 Å². The molecule has 1 N–H and O–H groups in total. The van der Waals surface area contributed by atoms with Crippen LogP contribution in [0, 0.1) is 11.7 Å². The Balaban J connectivity index is 1.93. The molecule has 1 saturated heterocycles. The molecule has 6 heteroatoms. The van der Waals surface area contributed by atoms with Gasteiger partial charge in [0.2, 0.25) is 11.8 Å². The molecule has 21 heavy (non-hydrogen) atoms. The molecule has 0 aromatic heterocycles. The van der Waals surface area contributed by atoms with Crippen LogP contribution in [0.2, 0.25) is 5.02 Å². The van der Waals surface area contributed by atoms with E-state index in [2.05, 4.69) is 5.32 Å². The van der Waals surface area contributed by atoms with Crippen LogP contribution in [0.25, 0.3) is 0 Å². The van der Waals surface area contributed by atoms with Gasteiger partial charge in [-0.2, -0.15) is 0 Å². The molecule has 1 aromatic rings. The third-order valence-electron chi connectivity index (χ3n) is 4.08. The van der Waals surface area contributed by atoms with E-state index in [-0.39, 0.29) is 34.9 Å². The number of benzene rings is 1. The summed E-state index contributed by atoms with van der Waals surface area (Å²) in [6, 6.07) is 3.32. The summed E-state index contributed by atoms with van der Waals surface area (Å²) in [4.78, 5) is 26.0. The van der Waals surface area contributed by atoms with Crippen LogP contribution in [0.15, 0.2) is 18.2 Å². The molecular weight excluding hydrogens is 295 g/mol. The van der Waals surface area contributed by atoms with Gasteiger partial charge in [-0.1, -0.05) is 17.7 Å². The summed E-state index contributed by atoms with van der Waals surface area (Å²) in [6.45, 7) is 1.67. The number of nitrogens with zero attached hydrogens (tertiary/aromatic N) is 1. The van der Waals surface area contributed by atoms with Gasteiger partial charge < -0.3 is 10.2 Å². The van der Waals surface area contributed by atoms with Crippen molar-refractivity contribution in [1.29, 1.82) is 0 Å². The van der Waals surface area contributed by atoms with Crippen molar-refractivity contribution in [3.05, 3.63) is 34.6 Å². The number of hydrogen-bond acceptors (Lipinski definition) is 2. The van der Waals surface area contributed by atoms with E-state index in [1.54, 1.807) is 13.0 Å². The second kappa shape index (κ2) is 5.30. The lowest BCUT2D eigenvalue weighted by Crippen LogP contribution is -2.62. The van der Waals surface area contributed by atoms with Gasteiger partial charge in [0.25, 0.3) is 0 Å². The summed E-state index contributed by atoms with van der Waals surface area (Å²) in [5, 5.41) is 2.96. The number of carbonyl (C=O) groups excluding carboxylic acids is 2. The molecule has 1 saturated carbocycles. The van der Waals surface area contributed by atoms with Gasteiger partial charge in [0.05, 0.1) is 6.54 Å². The standard InChI is InChI=1S/C15H16ClFN2O2/c1-8-15(21)19(13(9-5-6-9)14(20)18-8)7-10-11(16)3-2-4-12(10)17/h2-4,8-9,13H,5-7H2,1H3,(H,18,20). The van der Waals surface area contributed by atoms with E-state index in [0.717, 1.165) is 12.8 Å². The van der Waals surface area contributed by atoms with Crippen LogP contribution < -0.4 is 5.32 Å². The lowest BCUT2D eigenvalue weighted by Gasteiger charge is -2.38. The van der Waals surface area contributed by atoms with E-state index in [4.69, 9.17) is 11.6 Å². The maximum atomic E-state index is 13.9. The highest BCUT2D eigenvalue weighted by molar-refractivity contribution is 6.31. The number of piperazine rings is 1. The molecule has 1 aliphatic carbocycles. The highest BCUT2D eigenvalue weighted by atomic mass is 35.5. The van der Waals surface area contributed by atoms with Crippen molar-refractivity contribution in [1.82, 2.24) is 10.2 Å². The lowest BCUT2D eigenvalue weighted by atomic mass is 10.0. The molecule has 2 atom stereocenters. The van der Waals surface area contributed by atoms with Crippen LogP contribution in [0.5, 0.6) is 0 Å². The van der Waals surface area contributed by atoms with Crippen molar-refractivity contribution in [2.45, 2.75) is 38.4 Å². The minimum atomic E-state index is -0.585. The average Bonchev–Trinajstić information content (AvgIpc) is 3.24. The van der Waals surface area contributed by atoms with Gasteiger partial charge in [-0.15, -0.1) is 0 Å². The largest absolute Gasteiger partial charge is 0.343 e. The van der Waals surface area contributed by atoms with Crippen molar-refractivity contribution in [3.8, 4) is 0 Å². The Morgan fingerprint density at radius 2 is 2.10 bits per heavy atom. The Bertz CT molecular complexity index is 583. The fourth-order valence-electron chi connectivity index (χ4n) is 2.80. The Morgan fingerprint density at radius 1 is 1.38 bits per heavy atom. The smallest absolute Gasteiger partial charge is 0.245 e. The average molecular weight is 311 g/mol. The lowest BCUT2D eigenvalue weighted by molar-refractivity contribution is -0.150. The second-order valence-corrected chi connectivity index (χ2v) is 6.09. The van der Waals surface area contributed by atoms with Crippen LogP contribution in [-0.4, -0.2) is 28.8 Å². The first kappa shape index (κ1) is 14.3. The minimum Gasteiger partial charge on any atom is -0.343 e. The number of carbonyl (C=O) groups is 2. The van der Waals surface area contributed by atoms with E-state index in [0.29, 0.717) is 0 Å². The topological polar surface area (TPSA) is 49.4 Å². The summed E-state index contributed by atoms with van der Waals surface area (Å²) in [5.74, 6) is -0.627. The van der Waals surface area contributed by atoms with Gasteiger partial charge in [0.15, 0.2) is 0 Å². The molecule has 0 spiro atoms. The molecule has 1 aromatic carbocycles. The van der Waals surface area contributed by atoms with E-state index in [9.17, 15) is 14.0 Å². The molecule has 3 rings (SSSR count). The Morgan fingerprint density at radius 3 is 2.71 bits per heavy atom. The van der Waals surface area contributed by atoms with Crippen LogP contribution in [0.1, 0.15) is 25.3 Å². The number of nitrogens with one attached hydrogen (secondary N) is 1. The molecule has 1 aliphatic heterocycles. The van der Waals surface area contributed by atoms with Crippen molar-refractivity contribution in [2.24, 2.45) is 5.92 Å². The maximum absolute atomic E-state index is 13.9. The SMILES string of the molecule is CC1NC(=O)C(C2CC2)N(Cc2c(F)cccc2Cl)C1=O. The molecular formula is C15H16ClFN2O2. The van der Waals surface area contributed by atoms with Crippen LogP contribution in [-0.2, 0) is 16.1 Å². The van der Waals surface area contributed by atoms with Crippen LogP contribution in [0.3, 0.4) is 0 Å².